The van der Waals surface area contributed by atoms with Crippen molar-refractivity contribution in [2.24, 2.45) is 11.8 Å². The predicted molar refractivity (Wildman–Crippen MR) is 87.7 cm³/mol. The van der Waals surface area contributed by atoms with Crippen LogP contribution in [0.4, 0.5) is 5.69 Å². The number of benzene rings is 2. The topological polar surface area (TPSA) is 66.8 Å². The minimum atomic E-state index is -0.968. The SMILES string of the molecule is O=C(O)C1[C@H]2C(=O)N(c3cccc4ccccc34)C[C@]23C=C[C@H]1O3. The van der Waals surface area contributed by atoms with Crippen molar-refractivity contribution in [3.05, 3.63) is 54.6 Å². The maximum absolute atomic E-state index is 13.1. The van der Waals surface area contributed by atoms with Crippen molar-refractivity contribution in [2.45, 2.75) is 11.7 Å². The molecule has 1 N–H and O–H groups in total. The van der Waals surface area contributed by atoms with Gasteiger partial charge in [-0.2, -0.15) is 0 Å². The number of carboxylic acids is 1. The molecule has 1 unspecified atom stereocenters. The molecule has 5 rings (SSSR count). The summed E-state index contributed by atoms with van der Waals surface area (Å²) in [5.41, 5.74) is 0.00772. The van der Waals surface area contributed by atoms with Gasteiger partial charge in [-0.25, -0.2) is 0 Å². The van der Waals surface area contributed by atoms with Crippen LogP contribution in [0, 0.1) is 11.8 Å². The zero-order valence-corrected chi connectivity index (χ0v) is 12.8. The molecule has 0 saturated carbocycles. The van der Waals surface area contributed by atoms with Gasteiger partial charge in [0.25, 0.3) is 0 Å². The van der Waals surface area contributed by atoms with E-state index in [1.54, 1.807) is 11.0 Å². The second kappa shape index (κ2) is 4.45. The molecule has 0 aliphatic carbocycles. The molecule has 3 aliphatic heterocycles. The Balaban J connectivity index is 1.64. The third kappa shape index (κ3) is 1.57. The van der Waals surface area contributed by atoms with Crippen molar-refractivity contribution in [3.8, 4) is 0 Å². The first kappa shape index (κ1) is 13.7. The van der Waals surface area contributed by atoms with Gasteiger partial charge in [-0.05, 0) is 11.5 Å². The third-order valence-electron chi connectivity index (χ3n) is 5.44. The zero-order valence-electron chi connectivity index (χ0n) is 12.8. The van der Waals surface area contributed by atoms with Gasteiger partial charge in [0, 0.05) is 5.39 Å². The fraction of sp³-hybridized carbons (Fsp3) is 0.263. The standard InChI is InChI=1S/C19H15NO4/c21-17-16-15(18(22)23)14-8-9-19(16,24-14)10-20(17)13-7-3-5-11-4-1-2-6-12(11)13/h1-9,14-16H,10H2,(H,22,23)/t14-,15?,16+,19-/m1/s1. The number of rotatable bonds is 2. The van der Waals surface area contributed by atoms with Crippen molar-refractivity contribution in [2.75, 3.05) is 11.4 Å². The van der Waals surface area contributed by atoms with Crippen LogP contribution < -0.4 is 4.90 Å². The lowest BCUT2D eigenvalue weighted by atomic mass is 9.77. The maximum Gasteiger partial charge on any atom is 0.310 e. The summed E-state index contributed by atoms with van der Waals surface area (Å²) in [4.78, 5) is 26.4. The quantitative estimate of drug-likeness (QED) is 0.861. The molecule has 5 heteroatoms. The number of carbonyl (C=O) groups excluding carboxylic acids is 1. The van der Waals surface area contributed by atoms with Gasteiger partial charge in [-0.15, -0.1) is 0 Å². The van der Waals surface area contributed by atoms with E-state index < -0.39 is 29.5 Å². The fourth-order valence-corrected chi connectivity index (χ4v) is 4.43. The van der Waals surface area contributed by atoms with Gasteiger partial charge in [0.05, 0.1) is 24.3 Å². The first-order valence-electron chi connectivity index (χ1n) is 8.00. The van der Waals surface area contributed by atoms with Crippen molar-refractivity contribution in [1.29, 1.82) is 0 Å². The molecule has 1 amide bonds. The number of carboxylic acid groups (broad SMARTS) is 1. The lowest BCUT2D eigenvalue weighted by Crippen LogP contribution is -2.39. The highest BCUT2D eigenvalue weighted by Crippen LogP contribution is 2.53. The van der Waals surface area contributed by atoms with E-state index in [1.165, 1.54) is 0 Å². The van der Waals surface area contributed by atoms with E-state index in [0.29, 0.717) is 6.54 Å². The molecular formula is C19H15NO4. The lowest BCUT2D eigenvalue weighted by Gasteiger charge is -2.22. The van der Waals surface area contributed by atoms with Crippen LogP contribution >= 0.6 is 0 Å². The lowest BCUT2D eigenvalue weighted by molar-refractivity contribution is -0.146. The van der Waals surface area contributed by atoms with E-state index >= 15 is 0 Å². The number of ether oxygens (including phenoxy) is 1. The van der Waals surface area contributed by atoms with Gasteiger partial charge in [-0.3, -0.25) is 9.59 Å². The number of aliphatic carboxylic acids is 1. The number of hydrogen-bond acceptors (Lipinski definition) is 3. The van der Waals surface area contributed by atoms with E-state index in [4.69, 9.17) is 4.74 Å². The van der Waals surface area contributed by atoms with Crippen molar-refractivity contribution in [3.63, 3.8) is 0 Å². The number of hydrogen-bond donors (Lipinski definition) is 1. The van der Waals surface area contributed by atoms with Crippen LogP contribution in [0.2, 0.25) is 0 Å². The van der Waals surface area contributed by atoms with Gasteiger partial charge in [0.15, 0.2) is 0 Å². The molecule has 2 fully saturated rings. The zero-order chi connectivity index (χ0) is 16.5. The van der Waals surface area contributed by atoms with Gasteiger partial charge >= 0.3 is 5.97 Å². The largest absolute Gasteiger partial charge is 0.481 e. The molecule has 1 spiro atoms. The van der Waals surface area contributed by atoms with Crippen LogP contribution in [0.15, 0.2) is 54.6 Å². The Kier molecular flexibility index (Phi) is 2.55. The van der Waals surface area contributed by atoms with E-state index in [0.717, 1.165) is 16.5 Å². The van der Waals surface area contributed by atoms with Gasteiger partial charge < -0.3 is 14.7 Å². The Morgan fingerprint density at radius 3 is 2.83 bits per heavy atom. The normalized spacial score (nSPS) is 33.4. The summed E-state index contributed by atoms with van der Waals surface area (Å²) in [5.74, 6) is -2.58. The Morgan fingerprint density at radius 1 is 1.21 bits per heavy atom. The highest BCUT2D eigenvalue weighted by atomic mass is 16.5. The minimum absolute atomic E-state index is 0.161. The van der Waals surface area contributed by atoms with Gasteiger partial charge in [0.1, 0.15) is 11.5 Å². The van der Waals surface area contributed by atoms with E-state index in [-0.39, 0.29) is 5.91 Å². The molecule has 3 aliphatic rings. The molecular weight excluding hydrogens is 306 g/mol. The molecule has 0 radical (unpaired) electrons. The highest BCUT2D eigenvalue weighted by Gasteiger charge is 2.67. The number of nitrogens with zero attached hydrogens (tertiary/aromatic N) is 1. The van der Waals surface area contributed by atoms with Crippen LogP contribution in [-0.2, 0) is 14.3 Å². The summed E-state index contributed by atoms with van der Waals surface area (Å²) in [6.07, 6.45) is 3.17. The smallest absolute Gasteiger partial charge is 0.310 e. The summed E-state index contributed by atoms with van der Waals surface area (Å²) in [6, 6.07) is 13.7. The van der Waals surface area contributed by atoms with Crippen LogP contribution in [-0.4, -0.2) is 35.2 Å². The molecule has 2 aromatic carbocycles. The molecule has 2 aromatic rings. The van der Waals surface area contributed by atoms with Crippen molar-refractivity contribution in [1.82, 2.24) is 0 Å². The van der Waals surface area contributed by atoms with E-state index in [2.05, 4.69) is 0 Å². The summed E-state index contributed by atoms with van der Waals surface area (Å²) < 4.78 is 5.94. The fourth-order valence-electron chi connectivity index (χ4n) is 4.43. The van der Waals surface area contributed by atoms with Crippen LogP contribution in [0.1, 0.15) is 0 Å². The van der Waals surface area contributed by atoms with Crippen LogP contribution in [0.25, 0.3) is 10.8 Å². The molecule has 120 valence electrons. The van der Waals surface area contributed by atoms with E-state index in [9.17, 15) is 14.7 Å². The van der Waals surface area contributed by atoms with Crippen molar-refractivity contribution >= 4 is 28.3 Å². The summed E-state index contributed by atoms with van der Waals surface area (Å²) in [6.45, 7) is 0.362. The Bertz CT molecular complexity index is 915. The summed E-state index contributed by atoms with van der Waals surface area (Å²) >= 11 is 0. The molecule has 4 atom stereocenters. The van der Waals surface area contributed by atoms with Crippen molar-refractivity contribution < 1.29 is 19.4 Å². The predicted octanol–water partition coefficient (Wildman–Crippen LogP) is 2.21. The second-order valence-corrected chi connectivity index (χ2v) is 6.66. The van der Waals surface area contributed by atoms with E-state index in [1.807, 2.05) is 48.5 Å². The molecule has 0 aromatic heterocycles. The monoisotopic (exact) mass is 321 g/mol. The third-order valence-corrected chi connectivity index (χ3v) is 5.44. The average molecular weight is 321 g/mol. The Hall–Kier alpha value is -2.66. The Labute approximate surface area is 138 Å². The average Bonchev–Trinajstić information content (AvgIpc) is 3.22. The first-order chi connectivity index (χ1) is 11.6. The maximum atomic E-state index is 13.1. The number of anilines is 1. The number of amides is 1. The second-order valence-electron chi connectivity index (χ2n) is 6.66. The molecule has 5 nitrogen and oxygen atoms in total. The van der Waals surface area contributed by atoms with Crippen LogP contribution in [0.3, 0.4) is 0 Å². The number of carbonyl (C=O) groups is 2. The molecule has 2 saturated heterocycles. The summed E-state index contributed by atoms with van der Waals surface area (Å²) in [7, 11) is 0. The Morgan fingerprint density at radius 2 is 2.00 bits per heavy atom. The highest BCUT2D eigenvalue weighted by molar-refractivity contribution is 6.08. The van der Waals surface area contributed by atoms with Gasteiger partial charge in [0.2, 0.25) is 5.91 Å². The summed E-state index contributed by atoms with van der Waals surface area (Å²) in [5, 5.41) is 11.6. The molecule has 3 heterocycles. The van der Waals surface area contributed by atoms with Crippen LogP contribution in [0.5, 0.6) is 0 Å². The minimum Gasteiger partial charge on any atom is -0.481 e. The molecule has 24 heavy (non-hydrogen) atoms. The number of fused-ring (bicyclic) bond motifs is 2. The molecule has 2 bridgehead atoms. The van der Waals surface area contributed by atoms with Gasteiger partial charge in [-0.1, -0.05) is 48.6 Å². The first-order valence-corrected chi connectivity index (χ1v) is 8.00.